The number of carbonyl (C=O) groups excluding carboxylic acids is 1. The zero-order valence-electron chi connectivity index (χ0n) is 12.5. The lowest BCUT2D eigenvalue weighted by Crippen LogP contribution is -2.29. The lowest BCUT2D eigenvalue weighted by Gasteiger charge is -2.15. The highest BCUT2D eigenvalue weighted by Gasteiger charge is 2.25. The molecule has 112 valence electrons. The predicted molar refractivity (Wildman–Crippen MR) is 83.0 cm³/mol. The topological polar surface area (TPSA) is 45.5 Å². The summed E-state index contributed by atoms with van der Waals surface area (Å²) >= 11 is 0. The minimum atomic E-state index is 0.188. The van der Waals surface area contributed by atoms with E-state index in [-0.39, 0.29) is 18.4 Å². The fraction of sp³-hybridized carbons (Fsp3) is 0.471. The number of aromatic nitrogens is 1. The first kappa shape index (κ1) is 14.1. The molecule has 1 aromatic carbocycles. The first-order valence-corrected chi connectivity index (χ1v) is 7.60. The van der Waals surface area contributed by atoms with Crippen molar-refractivity contribution in [3.05, 3.63) is 36.0 Å². The number of amides is 1. The Morgan fingerprint density at radius 3 is 2.95 bits per heavy atom. The molecule has 0 bridgehead atoms. The number of fused-ring (bicyclic) bond motifs is 1. The first-order valence-electron chi connectivity index (χ1n) is 7.60. The number of nitrogens with zero attached hydrogens (tertiary/aromatic N) is 2. The standard InChI is InChI=1S/C17H22N2O2/c1-18-11-14(15-4-2-3-5-16(15)18)6-7-17(21)19-9-8-13(10-19)12-20/h2-5,11,13,20H,6-10,12H2,1H3. The minimum absolute atomic E-state index is 0.188. The summed E-state index contributed by atoms with van der Waals surface area (Å²) in [5.41, 5.74) is 2.45. The zero-order chi connectivity index (χ0) is 14.8. The SMILES string of the molecule is Cn1cc(CCC(=O)N2CCC(CO)C2)c2ccccc21. The third-order valence-corrected chi connectivity index (χ3v) is 4.48. The summed E-state index contributed by atoms with van der Waals surface area (Å²) in [7, 11) is 2.04. The van der Waals surface area contributed by atoms with E-state index in [9.17, 15) is 4.79 Å². The molecule has 0 radical (unpaired) electrons. The molecule has 1 atom stereocenters. The lowest BCUT2D eigenvalue weighted by atomic mass is 10.1. The van der Waals surface area contributed by atoms with Gasteiger partial charge in [0.1, 0.15) is 0 Å². The van der Waals surface area contributed by atoms with Crippen LogP contribution in [0.2, 0.25) is 0 Å². The quantitative estimate of drug-likeness (QED) is 0.934. The van der Waals surface area contributed by atoms with Gasteiger partial charge in [-0.1, -0.05) is 18.2 Å². The van der Waals surface area contributed by atoms with Crippen molar-refractivity contribution < 1.29 is 9.90 Å². The van der Waals surface area contributed by atoms with E-state index >= 15 is 0 Å². The number of aliphatic hydroxyl groups is 1. The van der Waals surface area contributed by atoms with Crippen molar-refractivity contribution in [1.29, 1.82) is 0 Å². The van der Waals surface area contributed by atoms with Crippen LogP contribution in [-0.2, 0) is 18.3 Å². The Hall–Kier alpha value is -1.81. The average molecular weight is 286 g/mol. The summed E-state index contributed by atoms with van der Waals surface area (Å²) in [6.45, 7) is 1.69. The number of likely N-dealkylation sites (tertiary alicyclic amines) is 1. The van der Waals surface area contributed by atoms with E-state index in [1.165, 1.54) is 16.5 Å². The molecule has 1 aliphatic heterocycles. The third-order valence-electron chi connectivity index (χ3n) is 4.48. The van der Waals surface area contributed by atoms with Crippen LogP contribution in [0.25, 0.3) is 10.9 Å². The maximum absolute atomic E-state index is 12.3. The molecule has 1 unspecified atom stereocenters. The maximum atomic E-state index is 12.3. The van der Waals surface area contributed by atoms with Crippen LogP contribution in [0.3, 0.4) is 0 Å². The fourth-order valence-electron chi connectivity index (χ4n) is 3.23. The van der Waals surface area contributed by atoms with Crippen LogP contribution in [0.5, 0.6) is 0 Å². The number of hydrogen-bond donors (Lipinski definition) is 1. The Labute approximate surface area is 125 Å². The zero-order valence-corrected chi connectivity index (χ0v) is 12.5. The van der Waals surface area contributed by atoms with Crippen LogP contribution in [0.4, 0.5) is 0 Å². The van der Waals surface area contributed by atoms with Gasteiger partial charge in [0.15, 0.2) is 0 Å². The summed E-state index contributed by atoms with van der Waals surface area (Å²) in [5, 5.41) is 10.4. The van der Waals surface area contributed by atoms with Crippen LogP contribution in [-0.4, -0.2) is 40.2 Å². The van der Waals surface area contributed by atoms with Gasteiger partial charge in [-0.2, -0.15) is 0 Å². The van der Waals surface area contributed by atoms with Crippen molar-refractivity contribution in [3.63, 3.8) is 0 Å². The van der Waals surface area contributed by atoms with Crippen molar-refractivity contribution in [2.24, 2.45) is 13.0 Å². The number of aliphatic hydroxyl groups excluding tert-OH is 1. The second kappa shape index (κ2) is 5.90. The Morgan fingerprint density at radius 1 is 1.38 bits per heavy atom. The van der Waals surface area contributed by atoms with E-state index in [4.69, 9.17) is 5.11 Å². The summed E-state index contributed by atoms with van der Waals surface area (Å²) < 4.78 is 2.12. The third kappa shape index (κ3) is 2.81. The van der Waals surface area contributed by atoms with E-state index in [0.29, 0.717) is 13.0 Å². The molecule has 4 nitrogen and oxygen atoms in total. The summed E-state index contributed by atoms with van der Waals surface area (Å²) in [4.78, 5) is 14.2. The number of rotatable bonds is 4. The fourth-order valence-corrected chi connectivity index (χ4v) is 3.23. The van der Waals surface area contributed by atoms with Gasteiger partial charge in [0.05, 0.1) is 0 Å². The smallest absolute Gasteiger partial charge is 0.222 e. The molecule has 1 saturated heterocycles. The van der Waals surface area contributed by atoms with Gasteiger partial charge in [0, 0.05) is 56.2 Å². The minimum Gasteiger partial charge on any atom is -0.396 e. The lowest BCUT2D eigenvalue weighted by molar-refractivity contribution is -0.130. The molecular weight excluding hydrogens is 264 g/mol. The van der Waals surface area contributed by atoms with Gasteiger partial charge < -0.3 is 14.6 Å². The number of benzene rings is 1. The van der Waals surface area contributed by atoms with E-state index < -0.39 is 0 Å². The average Bonchev–Trinajstić information content (AvgIpc) is 3.11. The molecule has 0 saturated carbocycles. The molecule has 1 aliphatic rings. The van der Waals surface area contributed by atoms with Gasteiger partial charge in [-0.25, -0.2) is 0 Å². The first-order chi connectivity index (χ1) is 10.2. The van der Waals surface area contributed by atoms with Gasteiger partial charge in [-0.3, -0.25) is 4.79 Å². The molecule has 4 heteroatoms. The van der Waals surface area contributed by atoms with Crippen LogP contribution in [0.15, 0.2) is 30.5 Å². The number of hydrogen-bond acceptors (Lipinski definition) is 2. The molecule has 1 aromatic heterocycles. The highest BCUT2D eigenvalue weighted by atomic mass is 16.3. The van der Waals surface area contributed by atoms with Gasteiger partial charge in [0.2, 0.25) is 5.91 Å². The number of para-hydroxylation sites is 1. The molecule has 21 heavy (non-hydrogen) atoms. The van der Waals surface area contributed by atoms with E-state index in [1.807, 2.05) is 24.1 Å². The van der Waals surface area contributed by atoms with Gasteiger partial charge in [0.25, 0.3) is 0 Å². The molecule has 0 aliphatic carbocycles. The van der Waals surface area contributed by atoms with E-state index in [0.717, 1.165) is 19.4 Å². The van der Waals surface area contributed by atoms with Crippen molar-refractivity contribution in [2.75, 3.05) is 19.7 Å². The molecule has 1 fully saturated rings. The maximum Gasteiger partial charge on any atom is 0.222 e. The van der Waals surface area contributed by atoms with Crippen LogP contribution in [0, 0.1) is 5.92 Å². The molecule has 2 aromatic rings. The van der Waals surface area contributed by atoms with Crippen molar-refractivity contribution in [1.82, 2.24) is 9.47 Å². The summed E-state index contributed by atoms with van der Waals surface area (Å²) in [6, 6.07) is 8.30. The Morgan fingerprint density at radius 2 is 2.19 bits per heavy atom. The highest BCUT2D eigenvalue weighted by molar-refractivity contribution is 5.85. The Balaban J connectivity index is 1.65. The summed E-state index contributed by atoms with van der Waals surface area (Å²) in [6.07, 6.45) is 4.38. The Bertz CT molecular complexity index is 647. The molecule has 2 heterocycles. The van der Waals surface area contributed by atoms with Crippen molar-refractivity contribution in [3.8, 4) is 0 Å². The van der Waals surface area contributed by atoms with Crippen LogP contribution in [0.1, 0.15) is 18.4 Å². The van der Waals surface area contributed by atoms with Gasteiger partial charge in [-0.15, -0.1) is 0 Å². The monoisotopic (exact) mass is 286 g/mol. The highest BCUT2D eigenvalue weighted by Crippen LogP contribution is 2.22. The second-order valence-electron chi connectivity index (χ2n) is 5.96. The molecule has 0 spiro atoms. The number of aryl methyl sites for hydroxylation is 2. The largest absolute Gasteiger partial charge is 0.396 e. The van der Waals surface area contributed by atoms with E-state index in [2.05, 4.69) is 22.9 Å². The second-order valence-corrected chi connectivity index (χ2v) is 5.96. The predicted octanol–water partition coefficient (Wildman–Crippen LogP) is 1.95. The molecule has 1 amide bonds. The van der Waals surface area contributed by atoms with Gasteiger partial charge in [-0.05, 0) is 24.5 Å². The van der Waals surface area contributed by atoms with Crippen LogP contribution < -0.4 is 0 Å². The molecular formula is C17H22N2O2. The molecule has 3 rings (SSSR count). The van der Waals surface area contributed by atoms with Crippen LogP contribution >= 0.6 is 0 Å². The normalized spacial score (nSPS) is 18.6. The van der Waals surface area contributed by atoms with Gasteiger partial charge >= 0.3 is 0 Å². The molecule has 1 N–H and O–H groups in total. The van der Waals surface area contributed by atoms with Crippen molar-refractivity contribution in [2.45, 2.75) is 19.3 Å². The van der Waals surface area contributed by atoms with Crippen molar-refractivity contribution >= 4 is 16.8 Å². The van der Waals surface area contributed by atoms with E-state index in [1.54, 1.807) is 0 Å². The summed E-state index contributed by atoms with van der Waals surface area (Å²) in [5.74, 6) is 0.477. The Kier molecular flexibility index (Phi) is 3.97. The number of carbonyl (C=O) groups is 1.